The molecule has 0 atom stereocenters. The Morgan fingerprint density at radius 1 is 0.958 bits per heavy atom. The SMILES string of the molecule is CCOc1ccc(CCNC(=S)Nc2ccccc2OCC)cc1. The van der Waals surface area contributed by atoms with Crippen molar-refractivity contribution in [3.05, 3.63) is 54.1 Å². The van der Waals surface area contributed by atoms with Crippen LogP contribution in [-0.2, 0) is 6.42 Å². The minimum Gasteiger partial charge on any atom is -0.494 e. The molecule has 0 unspecified atom stereocenters. The molecule has 0 heterocycles. The fourth-order valence-electron chi connectivity index (χ4n) is 2.26. The average molecular weight is 344 g/mol. The second-order valence-electron chi connectivity index (χ2n) is 5.14. The van der Waals surface area contributed by atoms with E-state index < -0.39 is 0 Å². The highest BCUT2D eigenvalue weighted by molar-refractivity contribution is 7.80. The second-order valence-corrected chi connectivity index (χ2v) is 5.55. The first kappa shape index (κ1) is 18.1. The Hall–Kier alpha value is -2.27. The Morgan fingerprint density at radius 3 is 2.38 bits per heavy atom. The minimum absolute atomic E-state index is 0.591. The summed E-state index contributed by atoms with van der Waals surface area (Å²) in [7, 11) is 0. The lowest BCUT2D eigenvalue weighted by molar-refractivity contribution is 0.340. The normalized spacial score (nSPS) is 10.1. The zero-order valence-corrected chi connectivity index (χ0v) is 15.0. The van der Waals surface area contributed by atoms with E-state index >= 15 is 0 Å². The first-order chi connectivity index (χ1) is 11.7. The van der Waals surface area contributed by atoms with Crippen molar-refractivity contribution in [1.82, 2.24) is 5.32 Å². The number of hydrogen-bond donors (Lipinski definition) is 2. The fourth-order valence-corrected chi connectivity index (χ4v) is 2.47. The van der Waals surface area contributed by atoms with Gasteiger partial charge in [-0.1, -0.05) is 24.3 Å². The average Bonchev–Trinajstić information content (AvgIpc) is 2.59. The van der Waals surface area contributed by atoms with Crippen LogP contribution >= 0.6 is 12.2 Å². The molecule has 5 heteroatoms. The van der Waals surface area contributed by atoms with Gasteiger partial charge >= 0.3 is 0 Å². The Morgan fingerprint density at radius 2 is 1.67 bits per heavy atom. The molecule has 0 spiro atoms. The van der Waals surface area contributed by atoms with E-state index in [0.29, 0.717) is 18.3 Å². The molecule has 0 amide bonds. The molecular formula is C19H24N2O2S. The van der Waals surface area contributed by atoms with Crippen LogP contribution in [0.1, 0.15) is 19.4 Å². The summed E-state index contributed by atoms with van der Waals surface area (Å²) in [6.07, 6.45) is 0.890. The zero-order valence-electron chi connectivity index (χ0n) is 14.2. The van der Waals surface area contributed by atoms with Gasteiger partial charge in [0.25, 0.3) is 0 Å². The van der Waals surface area contributed by atoms with E-state index in [4.69, 9.17) is 21.7 Å². The summed E-state index contributed by atoms with van der Waals surface area (Å²) in [4.78, 5) is 0. The van der Waals surface area contributed by atoms with Crippen molar-refractivity contribution in [2.45, 2.75) is 20.3 Å². The summed E-state index contributed by atoms with van der Waals surface area (Å²) in [5, 5.41) is 7.00. The topological polar surface area (TPSA) is 42.5 Å². The molecule has 0 fully saturated rings. The maximum atomic E-state index is 5.58. The molecule has 0 saturated heterocycles. The summed E-state index contributed by atoms with van der Waals surface area (Å²) < 4.78 is 11.0. The van der Waals surface area contributed by atoms with Crippen LogP contribution in [0.2, 0.25) is 0 Å². The molecule has 0 aliphatic heterocycles. The van der Waals surface area contributed by atoms with Gasteiger partial charge in [-0.05, 0) is 62.3 Å². The Bertz CT molecular complexity index is 644. The van der Waals surface area contributed by atoms with Crippen LogP contribution in [-0.4, -0.2) is 24.9 Å². The maximum absolute atomic E-state index is 5.58. The second kappa shape index (κ2) is 9.78. The summed E-state index contributed by atoms with van der Waals surface area (Å²) >= 11 is 5.35. The maximum Gasteiger partial charge on any atom is 0.170 e. The van der Waals surface area contributed by atoms with Gasteiger partial charge in [-0.15, -0.1) is 0 Å². The van der Waals surface area contributed by atoms with Gasteiger partial charge in [0.1, 0.15) is 11.5 Å². The van der Waals surface area contributed by atoms with E-state index in [9.17, 15) is 0 Å². The van der Waals surface area contributed by atoms with Crippen molar-refractivity contribution in [2.75, 3.05) is 25.1 Å². The monoisotopic (exact) mass is 344 g/mol. The predicted molar refractivity (Wildman–Crippen MR) is 103 cm³/mol. The highest BCUT2D eigenvalue weighted by Crippen LogP contribution is 2.23. The number of rotatable bonds is 8. The zero-order chi connectivity index (χ0) is 17.2. The summed E-state index contributed by atoms with van der Waals surface area (Å²) in [6.45, 7) is 6.01. The van der Waals surface area contributed by atoms with Crippen LogP contribution in [0.4, 0.5) is 5.69 Å². The third-order valence-electron chi connectivity index (χ3n) is 3.37. The lowest BCUT2D eigenvalue weighted by Crippen LogP contribution is -2.30. The van der Waals surface area contributed by atoms with Crippen LogP contribution in [0.15, 0.2) is 48.5 Å². The molecule has 0 aliphatic rings. The predicted octanol–water partition coefficient (Wildman–Crippen LogP) is 4.01. The van der Waals surface area contributed by atoms with Crippen molar-refractivity contribution >= 4 is 23.0 Å². The largest absolute Gasteiger partial charge is 0.494 e. The number of thiocarbonyl (C=S) groups is 1. The van der Waals surface area contributed by atoms with Gasteiger partial charge in [-0.25, -0.2) is 0 Å². The summed E-state index contributed by atoms with van der Waals surface area (Å²) in [6, 6.07) is 15.9. The molecule has 4 nitrogen and oxygen atoms in total. The third-order valence-corrected chi connectivity index (χ3v) is 3.62. The van der Waals surface area contributed by atoms with E-state index in [-0.39, 0.29) is 0 Å². The molecule has 24 heavy (non-hydrogen) atoms. The molecule has 0 radical (unpaired) electrons. The molecule has 0 bridgehead atoms. The van der Waals surface area contributed by atoms with E-state index in [0.717, 1.165) is 30.2 Å². The first-order valence-electron chi connectivity index (χ1n) is 8.21. The summed E-state index contributed by atoms with van der Waals surface area (Å²) in [5.41, 5.74) is 2.11. The lowest BCUT2D eigenvalue weighted by Gasteiger charge is -2.14. The molecular weight excluding hydrogens is 320 g/mol. The quantitative estimate of drug-likeness (QED) is 0.708. The van der Waals surface area contributed by atoms with Crippen LogP contribution in [0.25, 0.3) is 0 Å². The first-order valence-corrected chi connectivity index (χ1v) is 8.62. The lowest BCUT2D eigenvalue weighted by atomic mass is 10.1. The highest BCUT2D eigenvalue weighted by Gasteiger charge is 2.04. The van der Waals surface area contributed by atoms with Gasteiger partial charge in [-0.3, -0.25) is 0 Å². The van der Waals surface area contributed by atoms with Crippen molar-refractivity contribution in [2.24, 2.45) is 0 Å². The minimum atomic E-state index is 0.591. The van der Waals surface area contributed by atoms with Crippen molar-refractivity contribution < 1.29 is 9.47 Å². The molecule has 2 N–H and O–H groups in total. The molecule has 128 valence electrons. The van der Waals surface area contributed by atoms with Crippen molar-refractivity contribution in [1.29, 1.82) is 0 Å². The number of anilines is 1. The van der Waals surface area contributed by atoms with E-state index in [1.54, 1.807) is 0 Å². The molecule has 2 rings (SSSR count). The number of benzene rings is 2. The van der Waals surface area contributed by atoms with Crippen molar-refractivity contribution in [3.63, 3.8) is 0 Å². The highest BCUT2D eigenvalue weighted by atomic mass is 32.1. The number of para-hydroxylation sites is 2. The van der Waals surface area contributed by atoms with Gasteiger partial charge in [0, 0.05) is 6.54 Å². The Balaban J connectivity index is 1.79. The van der Waals surface area contributed by atoms with E-state index in [1.165, 1.54) is 5.56 Å². The van der Waals surface area contributed by atoms with Crippen LogP contribution in [0.3, 0.4) is 0 Å². The molecule has 0 saturated carbocycles. The molecule has 2 aromatic carbocycles. The number of hydrogen-bond acceptors (Lipinski definition) is 3. The molecule has 0 aliphatic carbocycles. The van der Waals surface area contributed by atoms with Crippen LogP contribution in [0, 0.1) is 0 Å². The fraction of sp³-hybridized carbons (Fsp3) is 0.316. The van der Waals surface area contributed by atoms with Gasteiger partial charge in [0.2, 0.25) is 0 Å². The molecule has 0 aromatic heterocycles. The third kappa shape index (κ3) is 5.74. The molecule has 2 aromatic rings. The standard InChI is InChI=1S/C19H24N2O2S/c1-3-22-16-11-9-15(10-12-16)13-14-20-19(24)21-17-7-5-6-8-18(17)23-4-2/h5-12H,3-4,13-14H2,1-2H3,(H2,20,21,24). The smallest absolute Gasteiger partial charge is 0.170 e. The van der Waals surface area contributed by atoms with Crippen LogP contribution in [0.5, 0.6) is 11.5 Å². The van der Waals surface area contributed by atoms with Gasteiger partial charge in [-0.2, -0.15) is 0 Å². The van der Waals surface area contributed by atoms with Crippen LogP contribution < -0.4 is 20.1 Å². The number of ether oxygens (including phenoxy) is 2. The van der Waals surface area contributed by atoms with Gasteiger partial charge in [0.05, 0.1) is 18.9 Å². The number of nitrogens with one attached hydrogen (secondary N) is 2. The Kier molecular flexibility index (Phi) is 7.36. The van der Waals surface area contributed by atoms with Crippen molar-refractivity contribution in [3.8, 4) is 11.5 Å². The Labute approximate surface area is 149 Å². The van der Waals surface area contributed by atoms with E-state index in [2.05, 4.69) is 22.8 Å². The summed E-state index contributed by atoms with van der Waals surface area (Å²) in [5.74, 6) is 1.70. The van der Waals surface area contributed by atoms with Gasteiger partial charge < -0.3 is 20.1 Å². The van der Waals surface area contributed by atoms with E-state index in [1.807, 2.05) is 50.2 Å². The van der Waals surface area contributed by atoms with Gasteiger partial charge in [0.15, 0.2) is 5.11 Å².